The van der Waals surface area contributed by atoms with Gasteiger partial charge in [0.1, 0.15) is 12.4 Å². The van der Waals surface area contributed by atoms with Crippen LogP contribution in [0.5, 0.6) is 5.75 Å². The quantitative estimate of drug-likeness (QED) is 0.852. The zero-order valence-electron chi connectivity index (χ0n) is 10.7. The number of nitrogens with one attached hydrogen (secondary N) is 1. The van der Waals surface area contributed by atoms with Gasteiger partial charge in [-0.3, -0.25) is 4.90 Å². The van der Waals surface area contributed by atoms with Crippen molar-refractivity contribution in [3.63, 3.8) is 0 Å². The Morgan fingerprint density at radius 2 is 2.11 bits per heavy atom. The largest absolute Gasteiger partial charge is 0.508 e. The van der Waals surface area contributed by atoms with Gasteiger partial charge in [-0.05, 0) is 44.0 Å². The zero-order chi connectivity index (χ0) is 13.2. The zero-order valence-corrected chi connectivity index (χ0v) is 10.7. The molecule has 2 saturated heterocycles. The van der Waals surface area contributed by atoms with E-state index in [1.165, 1.54) is 0 Å². The van der Waals surface area contributed by atoms with E-state index in [-0.39, 0.29) is 17.9 Å². The Balaban J connectivity index is 1.85. The van der Waals surface area contributed by atoms with Crippen molar-refractivity contribution in [3.05, 3.63) is 24.3 Å². The van der Waals surface area contributed by atoms with Gasteiger partial charge in [-0.1, -0.05) is 6.07 Å². The van der Waals surface area contributed by atoms with Crippen molar-refractivity contribution in [3.8, 4) is 5.75 Å². The molecule has 2 fully saturated rings. The number of nitrogens with zero attached hydrogens (tertiary/aromatic N) is 1. The second kappa shape index (κ2) is 5.09. The third kappa shape index (κ3) is 2.38. The number of benzene rings is 1. The second-order valence-corrected chi connectivity index (χ2v) is 5.12. The Kier molecular flexibility index (Phi) is 3.29. The summed E-state index contributed by atoms with van der Waals surface area (Å²) in [5.41, 5.74) is 0.714. The fourth-order valence-electron chi connectivity index (χ4n) is 2.95. The molecule has 1 amide bonds. The summed E-state index contributed by atoms with van der Waals surface area (Å²) in [7, 11) is 0. The average Bonchev–Trinajstić information content (AvgIpc) is 2.82. The smallest absolute Gasteiger partial charge is 0.414 e. The summed E-state index contributed by atoms with van der Waals surface area (Å²) in [5.74, 6) is 0.622. The molecular formula is C14H18N2O3. The minimum Gasteiger partial charge on any atom is -0.508 e. The van der Waals surface area contributed by atoms with E-state index >= 15 is 0 Å². The number of hydrogen-bond acceptors (Lipinski definition) is 4. The first kappa shape index (κ1) is 12.3. The highest BCUT2D eigenvalue weighted by molar-refractivity contribution is 5.90. The molecule has 2 N–H and O–H groups in total. The lowest BCUT2D eigenvalue weighted by Crippen LogP contribution is -2.43. The number of phenolic OH excluding ortho intramolecular Hbond substituents is 1. The Morgan fingerprint density at radius 3 is 2.84 bits per heavy atom. The van der Waals surface area contributed by atoms with E-state index in [0.29, 0.717) is 18.2 Å². The topological polar surface area (TPSA) is 61.8 Å². The minimum atomic E-state index is -0.311. The van der Waals surface area contributed by atoms with Crippen molar-refractivity contribution in [2.24, 2.45) is 5.92 Å². The lowest BCUT2D eigenvalue weighted by Gasteiger charge is -2.31. The minimum absolute atomic E-state index is 0.0800. The number of aromatic hydroxyl groups is 1. The van der Waals surface area contributed by atoms with Gasteiger partial charge in [0.2, 0.25) is 0 Å². The van der Waals surface area contributed by atoms with Gasteiger partial charge in [-0.25, -0.2) is 4.79 Å². The number of phenols is 1. The van der Waals surface area contributed by atoms with Crippen molar-refractivity contribution >= 4 is 11.8 Å². The molecule has 1 unspecified atom stereocenters. The molecule has 5 heteroatoms. The number of rotatable bonds is 2. The normalized spacial score (nSPS) is 24.5. The van der Waals surface area contributed by atoms with Crippen molar-refractivity contribution < 1.29 is 14.6 Å². The van der Waals surface area contributed by atoms with Crippen molar-refractivity contribution in [2.75, 3.05) is 24.6 Å². The van der Waals surface area contributed by atoms with Crippen LogP contribution in [0.1, 0.15) is 12.8 Å². The number of ether oxygens (including phenoxy) is 1. The molecule has 0 aromatic heterocycles. The number of amides is 1. The molecule has 2 aliphatic rings. The van der Waals surface area contributed by atoms with Crippen molar-refractivity contribution in [1.82, 2.24) is 5.32 Å². The molecule has 0 radical (unpaired) electrons. The van der Waals surface area contributed by atoms with Crippen LogP contribution in [-0.2, 0) is 4.74 Å². The Labute approximate surface area is 112 Å². The summed E-state index contributed by atoms with van der Waals surface area (Å²) in [6.45, 7) is 2.42. The molecule has 102 valence electrons. The van der Waals surface area contributed by atoms with E-state index in [2.05, 4.69) is 5.32 Å². The van der Waals surface area contributed by atoms with Crippen molar-refractivity contribution in [2.45, 2.75) is 18.9 Å². The molecule has 19 heavy (non-hydrogen) atoms. The van der Waals surface area contributed by atoms with Crippen LogP contribution in [0, 0.1) is 5.92 Å². The highest BCUT2D eigenvalue weighted by atomic mass is 16.6. The molecule has 0 saturated carbocycles. The molecule has 0 spiro atoms. The Morgan fingerprint density at radius 1 is 1.32 bits per heavy atom. The number of piperidine rings is 1. The molecule has 3 rings (SSSR count). The summed E-state index contributed by atoms with van der Waals surface area (Å²) < 4.78 is 5.21. The third-order valence-corrected chi connectivity index (χ3v) is 3.94. The van der Waals surface area contributed by atoms with Crippen LogP contribution >= 0.6 is 0 Å². The van der Waals surface area contributed by atoms with Gasteiger partial charge in [0.25, 0.3) is 0 Å². The maximum atomic E-state index is 11.9. The number of carbonyl (C=O) groups excluding carboxylic acids is 1. The fraction of sp³-hybridized carbons (Fsp3) is 0.500. The highest BCUT2D eigenvalue weighted by Crippen LogP contribution is 2.32. The summed E-state index contributed by atoms with van der Waals surface area (Å²) in [5, 5.41) is 12.9. The van der Waals surface area contributed by atoms with Gasteiger partial charge in [0, 0.05) is 6.07 Å². The van der Waals surface area contributed by atoms with E-state index < -0.39 is 0 Å². The van der Waals surface area contributed by atoms with E-state index in [1.807, 2.05) is 6.07 Å². The predicted molar refractivity (Wildman–Crippen MR) is 71.3 cm³/mol. The van der Waals surface area contributed by atoms with Gasteiger partial charge in [-0.15, -0.1) is 0 Å². The predicted octanol–water partition coefficient (Wildman–Crippen LogP) is 1.72. The van der Waals surface area contributed by atoms with Crippen LogP contribution < -0.4 is 10.2 Å². The average molecular weight is 262 g/mol. The SMILES string of the molecule is O=C1OCC(C2CCNCC2)N1c1cccc(O)c1. The standard InChI is InChI=1S/C14H18N2O3/c17-12-3-1-2-11(8-12)16-13(9-19-14(16)18)10-4-6-15-7-5-10/h1-3,8,10,13,15,17H,4-7,9H2. The summed E-state index contributed by atoms with van der Waals surface area (Å²) in [6, 6.07) is 6.87. The molecule has 1 aromatic carbocycles. The molecule has 1 aromatic rings. The molecule has 0 aliphatic carbocycles. The number of hydrogen-bond donors (Lipinski definition) is 2. The van der Waals surface area contributed by atoms with Gasteiger partial charge >= 0.3 is 6.09 Å². The van der Waals surface area contributed by atoms with Crippen LogP contribution in [0.4, 0.5) is 10.5 Å². The molecule has 2 aliphatic heterocycles. The van der Waals surface area contributed by atoms with Crippen molar-refractivity contribution in [1.29, 1.82) is 0 Å². The lowest BCUT2D eigenvalue weighted by molar-refractivity contribution is 0.174. The first-order valence-electron chi connectivity index (χ1n) is 6.71. The van der Waals surface area contributed by atoms with Crippen LogP contribution in [0.25, 0.3) is 0 Å². The molecule has 1 atom stereocenters. The molecule has 2 heterocycles. The van der Waals surface area contributed by atoms with Gasteiger partial charge in [0.05, 0.1) is 11.7 Å². The first-order valence-corrected chi connectivity index (χ1v) is 6.71. The number of carbonyl (C=O) groups is 1. The maximum absolute atomic E-state index is 11.9. The van der Waals surface area contributed by atoms with E-state index in [4.69, 9.17) is 4.74 Å². The monoisotopic (exact) mass is 262 g/mol. The maximum Gasteiger partial charge on any atom is 0.414 e. The van der Waals surface area contributed by atoms with Gasteiger partial charge in [-0.2, -0.15) is 0 Å². The fourth-order valence-corrected chi connectivity index (χ4v) is 2.95. The van der Waals surface area contributed by atoms with E-state index in [9.17, 15) is 9.90 Å². The molecule has 5 nitrogen and oxygen atoms in total. The number of anilines is 1. The summed E-state index contributed by atoms with van der Waals surface area (Å²) in [4.78, 5) is 13.6. The Hall–Kier alpha value is -1.75. The molecular weight excluding hydrogens is 244 g/mol. The van der Waals surface area contributed by atoms with Crippen LogP contribution in [0.2, 0.25) is 0 Å². The highest BCUT2D eigenvalue weighted by Gasteiger charge is 2.39. The van der Waals surface area contributed by atoms with Gasteiger partial charge < -0.3 is 15.2 Å². The first-order chi connectivity index (χ1) is 9.25. The van der Waals surface area contributed by atoms with Crippen LogP contribution in [0.15, 0.2) is 24.3 Å². The van der Waals surface area contributed by atoms with Crippen LogP contribution in [-0.4, -0.2) is 36.9 Å². The van der Waals surface area contributed by atoms with Gasteiger partial charge in [0.15, 0.2) is 0 Å². The molecule has 0 bridgehead atoms. The lowest BCUT2D eigenvalue weighted by atomic mass is 9.90. The summed E-state index contributed by atoms with van der Waals surface area (Å²) >= 11 is 0. The van der Waals surface area contributed by atoms with Crippen LogP contribution in [0.3, 0.4) is 0 Å². The third-order valence-electron chi connectivity index (χ3n) is 3.94. The Bertz CT molecular complexity index is 472. The number of cyclic esters (lactones) is 1. The van der Waals surface area contributed by atoms with E-state index in [1.54, 1.807) is 23.1 Å². The van der Waals surface area contributed by atoms with E-state index in [0.717, 1.165) is 25.9 Å². The summed E-state index contributed by atoms with van der Waals surface area (Å²) in [6.07, 6.45) is 1.79. The second-order valence-electron chi connectivity index (χ2n) is 5.12.